The van der Waals surface area contributed by atoms with Gasteiger partial charge in [-0.3, -0.25) is 0 Å². The highest BCUT2D eigenvalue weighted by Gasteiger charge is 2.51. The Morgan fingerprint density at radius 3 is 2.58 bits per heavy atom. The van der Waals surface area contributed by atoms with Gasteiger partial charge >= 0.3 is 5.97 Å². The van der Waals surface area contributed by atoms with Gasteiger partial charge in [0.25, 0.3) is 0 Å². The van der Waals surface area contributed by atoms with Gasteiger partial charge in [-0.05, 0) is 46.5 Å². The number of rotatable bonds is 3. The van der Waals surface area contributed by atoms with Crippen molar-refractivity contribution in [2.45, 2.75) is 78.6 Å². The molecule has 0 amide bonds. The Morgan fingerprint density at radius 1 is 1.42 bits per heavy atom. The molecular formula is C20H32O4. The summed E-state index contributed by atoms with van der Waals surface area (Å²) in [5, 5.41) is 21.9. The molecule has 2 aliphatic rings. The second-order valence-electron chi connectivity index (χ2n) is 8.07. The van der Waals surface area contributed by atoms with Crippen molar-refractivity contribution < 1.29 is 19.7 Å². The minimum Gasteiger partial charge on any atom is -0.458 e. The molecule has 0 bridgehead atoms. The van der Waals surface area contributed by atoms with Gasteiger partial charge < -0.3 is 14.9 Å². The summed E-state index contributed by atoms with van der Waals surface area (Å²) in [7, 11) is 0. The van der Waals surface area contributed by atoms with Crippen molar-refractivity contribution in [3.05, 3.63) is 22.8 Å². The van der Waals surface area contributed by atoms with Gasteiger partial charge in [-0.15, -0.1) is 0 Å². The highest BCUT2D eigenvalue weighted by Crippen LogP contribution is 2.49. The van der Waals surface area contributed by atoms with E-state index in [4.69, 9.17) is 4.74 Å². The first kappa shape index (κ1) is 19.2. The van der Waals surface area contributed by atoms with Gasteiger partial charge in [-0.25, -0.2) is 4.79 Å². The van der Waals surface area contributed by atoms with Crippen LogP contribution in [0, 0.1) is 17.8 Å². The lowest BCUT2D eigenvalue weighted by Crippen LogP contribution is -2.46. The van der Waals surface area contributed by atoms with E-state index in [0.717, 1.165) is 17.6 Å². The van der Waals surface area contributed by atoms with E-state index in [2.05, 4.69) is 0 Å². The number of carbonyl (C=O) groups is 1. The van der Waals surface area contributed by atoms with E-state index >= 15 is 0 Å². The van der Waals surface area contributed by atoms with Gasteiger partial charge in [0, 0.05) is 23.8 Å². The van der Waals surface area contributed by atoms with Crippen molar-refractivity contribution in [2.75, 3.05) is 0 Å². The average Bonchev–Trinajstić information content (AvgIpc) is 2.75. The SMILES string of the molecule is CC=C(C)C(=O)OC1CC(C)=C2CCC(C)(O)C2C(O)C1C(C)C. The smallest absolute Gasteiger partial charge is 0.333 e. The second-order valence-corrected chi connectivity index (χ2v) is 8.07. The molecule has 1 saturated carbocycles. The van der Waals surface area contributed by atoms with Crippen LogP contribution in [0.15, 0.2) is 22.8 Å². The lowest BCUT2D eigenvalue weighted by Gasteiger charge is -2.38. The van der Waals surface area contributed by atoms with Crippen LogP contribution in [0.1, 0.15) is 60.8 Å². The summed E-state index contributed by atoms with van der Waals surface area (Å²) in [6, 6.07) is 0. The Labute approximate surface area is 145 Å². The topological polar surface area (TPSA) is 66.8 Å². The number of hydrogen-bond donors (Lipinski definition) is 2. The molecule has 0 spiro atoms. The number of allylic oxidation sites excluding steroid dienone is 1. The molecule has 24 heavy (non-hydrogen) atoms. The third-order valence-electron chi connectivity index (χ3n) is 5.95. The highest BCUT2D eigenvalue weighted by atomic mass is 16.5. The van der Waals surface area contributed by atoms with Crippen LogP contribution in [-0.2, 0) is 9.53 Å². The lowest BCUT2D eigenvalue weighted by molar-refractivity contribution is -0.153. The third-order valence-corrected chi connectivity index (χ3v) is 5.95. The van der Waals surface area contributed by atoms with Crippen LogP contribution in [0.4, 0.5) is 0 Å². The summed E-state index contributed by atoms with van der Waals surface area (Å²) < 4.78 is 5.79. The second kappa shape index (κ2) is 7.01. The fraction of sp³-hybridized carbons (Fsp3) is 0.750. The molecule has 5 atom stereocenters. The van der Waals surface area contributed by atoms with E-state index in [0.29, 0.717) is 18.4 Å². The van der Waals surface area contributed by atoms with Crippen LogP contribution in [-0.4, -0.2) is 34.0 Å². The molecule has 2 aliphatic carbocycles. The van der Waals surface area contributed by atoms with E-state index in [1.54, 1.807) is 13.0 Å². The Hall–Kier alpha value is -1.13. The van der Waals surface area contributed by atoms with Crippen molar-refractivity contribution in [3.63, 3.8) is 0 Å². The zero-order chi connectivity index (χ0) is 18.2. The number of fused-ring (bicyclic) bond motifs is 1. The predicted octanol–water partition coefficient (Wildman–Crippen LogP) is 3.38. The zero-order valence-electron chi connectivity index (χ0n) is 15.8. The summed E-state index contributed by atoms with van der Waals surface area (Å²) in [5.74, 6) is -0.638. The number of aliphatic hydroxyl groups excluding tert-OH is 1. The molecule has 4 heteroatoms. The van der Waals surface area contributed by atoms with Gasteiger partial charge in [0.15, 0.2) is 0 Å². The van der Waals surface area contributed by atoms with E-state index < -0.39 is 11.7 Å². The Bertz CT molecular complexity index is 556. The van der Waals surface area contributed by atoms with Crippen LogP contribution in [0.25, 0.3) is 0 Å². The van der Waals surface area contributed by atoms with Gasteiger partial charge in [0.2, 0.25) is 0 Å². The highest BCUT2D eigenvalue weighted by molar-refractivity contribution is 5.87. The van der Waals surface area contributed by atoms with Gasteiger partial charge in [0.1, 0.15) is 6.10 Å². The van der Waals surface area contributed by atoms with E-state index in [1.165, 1.54) is 0 Å². The molecule has 2 rings (SSSR count). The maximum absolute atomic E-state index is 12.3. The summed E-state index contributed by atoms with van der Waals surface area (Å²) in [6.45, 7) is 11.5. The first-order chi connectivity index (χ1) is 11.1. The van der Waals surface area contributed by atoms with Crippen LogP contribution >= 0.6 is 0 Å². The van der Waals surface area contributed by atoms with Crippen LogP contribution in [0.5, 0.6) is 0 Å². The summed E-state index contributed by atoms with van der Waals surface area (Å²) in [4.78, 5) is 12.3. The average molecular weight is 336 g/mol. The van der Waals surface area contributed by atoms with E-state index in [1.807, 2.05) is 34.6 Å². The molecule has 5 unspecified atom stereocenters. The third kappa shape index (κ3) is 3.45. The Balaban J connectivity index is 2.39. The molecule has 0 aromatic rings. The molecule has 0 aromatic heterocycles. The quantitative estimate of drug-likeness (QED) is 0.471. The van der Waals surface area contributed by atoms with Crippen molar-refractivity contribution in [2.24, 2.45) is 17.8 Å². The number of aliphatic hydroxyl groups is 2. The molecular weight excluding hydrogens is 304 g/mol. The van der Waals surface area contributed by atoms with Crippen molar-refractivity contribution >= 4 is 5.97 Å². The number of ether oxygens (including phenoxy) is 1. The summed E-state index contributed by atoms with van der Waals surface area (Å²) >= 11 is 0. The molecule has 0 radical (unpaired) electrons. The monoisotopic (exact) mass is 336 g/mol. The summed E-state index contributed by atoms with van der Waals surface area (Å²) in [5.41, 5.74) is 1.98. The van der Waals surface area contributed by atoms with Crippen LogP contribution in [0.2, 0.25) is 0 Å². The van der Waals surface area contributed by atoms with E-state index in [9.17, 15) is 15.0 Å². The lowest BCUT2D eigenvalue weighted by atomic mass is 9.75. The van der Waals surface area contributed by atoms with Gasteiger partial charge in [-0.2, -0.15) is 0 Å². The number of carbonyl (C=O) groups excluding carboxylic acids is 1. The largest absolute Gasteiger partial charge is 0.458 e. The minimum absolute atomic E-state index is 0.146. The first-order valence-corrected chi connectivity index (χ1v) is 9.03. The molecule has 136 valence electrons. The zero-order valence-corrected chi connectivity index (χ0v) is 15.8. The molecule has 0 heterocycles. The minimum atomic E-state index is -0.902. The first-order valence-electron chi connectivity index (χ1n) is 9.03. The van der Waals surface area contributed by atoms with Crippen molar-refractivity contribution in [1.82, 2.24) is 0 Å². The Morgan fingerprint density at radius 2 is 2.04 bits per heavy atom. The molecule has 4 nitrogen and oxygen atoms in total. The molecule has 0 saturated heterocycles. The molecule has 1 fully saturated rings. The van der Waals surface area contributed by atoms with Crippen LogP contribution < -0.4 is 0 Å². The molecule has 0 aliphatic heterocycles. The predicted molar refractivity (Wildman–Crippen MR) is 94.3 cm³/mol. The fourth-order valence-electron chi connectivity index (χ4n) is 4.43. The molecule has 0 aromatic carbocycles. The fourth-order valence-corrected chi connectivity index (χ4v) is 4.43. The maximum Gasteiger partial charge on any atom is 0.333 e. The van der Waals surface area contributed by atoms with E-state index in [-0.39, 0.29) is 29.8 Å². The maximum atomic E-state index is 12.3. The number of hydrogen-bond acceptors (Lipinski definition) is 4. The molecule has 2 N–H and O–H groups in total. The van der Waals surface area contributed by atoms with Gasteiger partial charge in [-0.1, -0.05) is 31.1 Å². The normalized spacial score (nSPS) is 37.5. The van der Waals surface area contributed by atoms with Gasteiger partial charge in [0.05, 0.1) is 11.7 Å². The van der Waals surface area contributed by atoms with Crippen molar-refractivity contribution in [3.8, 4) is 0 Å². The van der Waals surface area contributed by atoms with Crippen LogP contribution in [0.3, 0.4) is 0 Å². The van der Waals surface area contributed by atoms with Crippen molar-refractivity contribution in [1.29, 1.82) is 0 Å². The number of esters is 1. The standard InChI is InChI=1S/C20H32O4/c1-7-12(4)19(22)24-15-10-13(5)14-8-9-20(6,23)17(14)18(21)16(15)11(2)3/h7,11,15-18,21,23H,8-10H2,1-6H3. The Kier molecular flexibility index (Phi) is 5.61. The summed E-state index contributed by atoms with van der Waals surface area (Å²) in [6.07, 6.45) is 2.78.